The Bertz CT molecular complexity index is 1230. The number of methoxy groups -OCH3 is 1. The Morgan fingerprint density at radius 2 is 2.22 bits per heavy atom. The van der Waals surface area contributed by atoms with Crippen molar-refractivity contribution in [2.24, 2.45) is 9.50 Å². The van der Waals surface area contributed by atoms with Gasteiger partial charge in [-0.15, -0.1) is 4.36 Å². The van der Waals surface area contributed by atoms with Crippen LogP contribution in [-0.4, -0.2) is 40.3 Å². The van der Waals surface area contributed by atoms with Crippen LogP contribution in [0.25, 0.3) is 0 Å². The number of benzene rings is 1. The van der Waals surface area contributed by atoms with Gasteiger partial charge in [-0.1, -0.05) is 6.07 Å². The number of ether oxygens (including phenoxy) is 2. The summed E-state index contributed by atoms with van der Waals surface area (Å²) >= 11 is 0. The first kappa shape index (κ1) is 21.4. The minimum Gasteiger partial charge on any atom is -0.474 e. The van der Waals surface area contributed by atoms with E-state index in [0.29, 0.717) is 19.1 Å². The monoisotopic (exact) mass is 459 g/mol. The lowest BCUT2D eigenvalue weighted by atomic mass is 9.94. The lowest BCUT2D eigenvalue weighted by Gasteiger charge is -2.19. The number of rotatable bonds is 4. The largest absolute Gasteiger partial charge is 0.474 e. The van der Waals surface area contributed by atoms with Gasteiger partial charge in [0.1, 0.15) is 11.5 Å². The van der Waals surface area contributed by atoms with Crippen LogP contribution in [0.1, 0.15) is 54.9 Å². The Hall–Kier alpha value is -2.43. The van der Waals surface area contributed by atoms with E-state index < -0.39 is 15.9 Å². The normalized spacial score (nSPS) is 21.9. The van der Waals surface area contributed by atoms with Crippen molar-refractivity contribution in [3.8, 4) is 5.88 Å². The van der Waals surface area contributed by atoms with Crippen molar-refractivity contribution in [1.82, 2.24) is 9.78 Å². The third kappa shape index (κ3) is 3.41. The molecule has 9 nitrogen and oxygen atoms in total. The highest BCUT2D eigenvalue weighted by Crippen LogP contribution is 2.44. The molecule has 2 heterocycles. The zero-order valence-corrected chi connectivity index (χ0v) is 19.5. The van der Waals surface area contributed by atoms with E-state index in [9.17, 15) is 9.00 Å². The van der Waals surface area contributed by atoms with Crippen LogP contribution < -0.4 is 15.2 Å². The molecule has 3 aliphatic rings. The number of aromatic nitrogens is 2. The zero-order chi connectivity index (χ0) is 22.7. The zero-order valence-electron chi connectivity index (χ0n) is 18.6. The molecule has 172 valence electrons. The molecule has 0 spiro atoms. The lowest BCUT2D eigenvalue weighted by molar-refractivity contribution is 0.179. The maximum Gasteiger partial charge on any atom is 0.354 e. The van der Waals surface area contributed by atoms with Crippen LogP contribution in [0.15, 0.2) is 21.5 Å². The molecule has 0 saturated carbocycles. The van der Waals surface area contributed by atoms with Crippen molar-refractivity contribution in [3.63, 3.8) is 0 Å². The first-order chi connectivity index (χ1) is 15.2. The van der Waals surface area contributed by atoms with E-state index in [1.165, 1.54) is 17.3 Å². The summed E-state index contributed by atoms with van der Waals surface area (Å²) in [6.45, 7) is 4.88. The van der Waals surface area contributed by atoms with Crippen LogP contribution >= 0.6 is 0 Å². The Morgan fingerprint density at radius 1 is 1.41 bits per heavy atom. The smallest absolute Gasteiger partial charge is 0.354 e. The van der Waals surface area contributed by atoms with Crippen LogP contribution in [0, 0.1) is 0 Å². The maximum absolute atomic E-state index is 13.3. The molecular formula is C22H29N5O4S. The summed E-state index contributed by atoms with van der Waals surface area (Å²) in [5.41, 5.74) is 5.21. The average Bonchev–Trinajstić information content (AvgIpc) is 3.47. The number of anilines is 1. The van der Waals surface area contributed by atoms with Crippen molar-refractivity contribution in [2.45, 2.75) is 62.3 Å². The number of carbonyl (C=O) groups is 1. The number of aryl methyl sites for hydroxylation is 2. The van der Waals surface area contributed by atoms with Crippen molar-refractivity contribution >= 4 is 21.6 Å². The van der Waals surface area contributed by atoms with Gasteiger partial charge in [0.25, 0.3) is 0 Å². The number of amides is 2. The Balaban J connectivity index is 1.50. The molecule has 2 amide bonds. The number of hydrogen-bond donors (Lipinski definition) is 2. The minimum atomic E-state index is -3.53. The van der Waals surface area contributed by atoms with Gasteiger partial charge in [-0.3, -0.25) is 0 Å². The van der Waals surface area contributed by atoms with Gasteiger partial charge in [-0.05, 0) is 68.2 Å². The van der Waals surface area contributed by atoms with E-state index in [0.717, 1.165) is 48.9 Å². The van der Waals surface area contributed by atoms with E-state index in [2.05, 4.69) is 20.8 Å². The highest BCUT2D eigenvalue weighted by atomic mass is 32.2. The van der Waals surface area contributed by atoms with E-state index >= 15 is 0 Å². The Kier molecular flexibility index (Phi) is 5.06. The van der Waals surface area contributed by atoms with Crippen molar-refractivity contribution < 1.29 is 18.5 Å². The van der Waals surface area contributed by atoms with Crippen molar-refractivity contribution in [3.05, 3.63) is 34.5 Å². The van der Waals surface area contributed by atoms with Crippen molar-refractivity contribution in [1.29, 1.82) is 0 Å². The molecule has 2 atom stereocenters. The van der Waals surface area contributed by atoms with Crippen LogP contribution in [0.4, 0.5) is 10.5 Å². The molecule has 1 aromatic heterocycles. The summed E-state index contributed by atoms with van der Waals surface area (Å²) in [5.74, 6) is 0.522. The molecule has 2 aromatic rings. The molecule has 1 aromatic carbocycles. The van der Waals surface area contributed by atoms with Gasteiger partial charge < -0.3 is 14.8 Å². The molecule has 1 aliphatic heterocycles. The van der Waals surface area contributed by atoms with Gasteiger partial charge in [0.15, 0.2) is 9.92 Å². The number of nitrogens with two attached hydrogens (primary N) is 1. The molecule has 0 radical (unpaired) electrons. The van der Waals surface area contributed by atoms with Crippen LogP contribution in [0.3, 0.4) is 0 Å². The summed E-state index contributed by atoms with van der Waals surface area (Å²) in [6.07, 6.45) is 6.27. The fourth-order valence-electron chi connectivity index (χ4n) is 5.18. The number of carbonyl (C=O) groups excluding carboxylic acids is 1. The number of hydrogen-bond acceptors (Lipinski definition) is 5. The minimum absolute atomic E-state index is 0.138. The summed E-state index contributed by atoms with van der Waals surface area (Å²) < 4.78 is 29.9. The molecular weight excluding hydrogens is 430 g/mol. The second-order valence-electron chi connectivity index (χ2n) is 9.42. The predicted octanol–water partition coefficient (Wildman–Crippen LogP) is 3.11. The summed E-state index contributed by atoms with van der Waals surface area (Å²) in [7, 11) is -1.84. The first-order valence-electron chi connectivity index (χ1n) is 10.9. The van der Waals surface area contributed by atoms with Gasteiger partial charge in [-0.2, -0.15) is 5.10 Å². The SMILES string of the molecule is COC[C@H]1CCc2cc3c(c(NC(=O)N=S(N)(=O)c4cnn5c4OCC5(C)C)c21)CCC3. The van der Waals surface area contributed by atoms with Crippen LogP contribution in [0.5, 0.6) is 5.88 Å². The number of nitrogens with zero attached hydrogens (tertiary/aromatic N) is 3. The van der Waals surface area contributed by atoms with E-state index in [4.69, 9.17) is 14.6 Å². The molecule has 3 N–H and O–H groups in total. The third-order valence-electron chi connectivity index (χ3n) is 6.66. The van der Waals surface area contributed by atoms with Crippen molar-refractivity contribution in [2.75, 3.05) is 25.6 Å². The molecule has 0 fully saturated rings. The number of urea groups is 1. The lowest BCUT2D eigenvalue weighted by Crippen LogP contribution is -2.26. The topological polar surface area (TPSA) is 121 Å². The second kappa shape index (κ2) is 7.57. The van der Waals surface area contributed by atoms with Crippen LogP contribution in [-0.2, 0) is 39.5 Å². The fraction of sp³-hybridized carbons (Fsp3) is 0.545. The second-order valence-corrected chi connectivity index (χ2v) is 11.2. The predicted molar refractivity (Wildman–Crippen MR) is 120 cm³/mol. The molecule has 2 aliphatic carbocycles. The molecule has 0 saturated heterocycles. The van der Waals surface area contributed by atoms with Gasteiger partial charge >= 0.3 is 6.03 Å². The van der Waals surface area contributed by atoms with Gasteiger partial charge in [0.05, 0.1) is 18.3 Å². The average molecular weight is 460 g/mol. The maximum atomic E-state index is 13.3. The van der Waals surface area contributed by atoms with E-state index in [1.807, 2.05) is 13.8 Å². The quantitative estimate of drug-likeness (QED) is 0.728. The van der Waals surface area contributed by atoms with Crippen LogP contribution in [0.2, 0.25) is 0 Å². The van der Waals surface area contributed by atoms with Gasteiger partial charge in [-0.25, -0.2) is 18.8 Å². The first-order valence-corrected chi connectivity index (χ1v) is 12.5. The Labute approximate surface area is 188 Å². The van der Waals surface area contributed by atoms with Gasteiger partial charge in [0, 0.05) is 18.7 Å². The third-order valence-corrected chi connectivity index (χ3v) is 8.01. The Morgan fingerprint density at radius 3 is 3.00 bits per heavy atom. The van der Waals surface area contributed by atoms with E-state index in [-0.39, 0.29) is 16.4 Å². The highest BCUT2D eigenvalue weighted by Gasteiger charge is 2.37. The number of nitrogens with one attached hydrogen (secondary N) is 1. The standard InChI is InChI=1S/C22H29N5O4S/c1-22(2)12-31-20-17(10-24-27(20)22)32(23,29)26-21(28)25-19-16-6-4-5-13(16)9-14-7-8-15(11-30-3)18(14)19/h9-10,15H,4-8,11-12H2,1-3H3,(H3,23,25,26,28,29)/t15-,32?/m1/s1. The number of fused-ring (bicyclic) bond motifs is 3. The molecule has 10 heteroatoms. The summed E-state index contributed by atoms with van der Waals surface area (Å²) in [4.78, 5) is 13.1. The molecule has 1 unspecified atom stereocenters. The summed E-state index contributed by atoms with van der Waals surface area (Å²) in [6, 6.07) is 1.56. The molecule has 0 bridgehead atoms. The van der Waals surface area contributed by atoms with Gasteiger partial charge in [0.2, 0.25) is 5.88 Å². The summed E-state index contributed by atoms with van der Waals surface area (Å²) in [5, 5.41) is 13.2. The molecule has 32 heavy (non-hydrogen) atoms. The van der Waals surface area contributed by atoms with E-state index in [1.54, 1.807) is 11.8 Å². The highest BCUT2D eigenvalue weighted by molar-refractivity contribution is 7.91. The molecule has 5 rings (SSSR count). The fourth-order valence-corrected chi connectivity index (χ4v) is 6.16.